The summed E-state index contributed by atoms with van der Waals surface area (Å²) < 4.78 is 5.35. The molecule has 1 aliphatic rings. The second-order valence-electron chi connectivity index (χ2n) is 5.85. The molecule has 1 unspecified atom stereocenters. The largest absolute Gasteiger partial charge is 0.469 e. The third-order valence-electron chi connectivity index (χ3n) is 4.18. The van der Waals surface area contributed by atoms with E-state index in [1.54, 1.807) is 13.2 Å². The Morgan fingerprint density at radius 1 is 1.32 bits per heavy atom. The molecule has 0 radical (unpaired) electrons. The van der Waals surface area contributed by atoms with Gasteiger partial charge in [-0.3, -0.25) is 4.79 Å². The molecule has 116 valence electrons. The van der Waals surface area contributed by atoms with Gasteiger partial charge in [-0.2, -0.15) is 0 Å². The summed E-state index contributed by atoms with van der Waals surface area (Å²) in [5, 5.41) is 6.55. The van der Waals surface area contributed by atoms with Crippen LogP contribution >= 0.6 is 0 Å². The molecule has 1 aromatic carbocycles. The molecule has 4 heteroatoms. The fourth-order valence-electron chi connectivity index (χ4n) is 3.14. The Hall–Kier alpha value is -2.07. The standard InChI is InChI=1S/C18H22N2O2/c1-13(21)20-18-6-2-4-14-12-15(7-8-17(14)18)19-10-9-16-5-3-11-22-16/h2-6,11,15,19H,7-10,12H2,1H3,(H,20,21). The van der Waals surface area contributed by atoms with Gasteiger partial charge in [-0.25, -0.2) is 0 Å². The first-order valence-electron chi connectivity index (χ1n) is 7.86. The van der Waals surface area contributed by atoms with Gasteiger partial charge >= 0.3 is 0 Å². The van der Waals surface area contributed by atoms with Crippen LogP contribution < -0.4 is 10.6 Å². The number of carbonyl (C=O) groups excluding carboxylic acids is 1. The summed E-state index contributed by atoms with van der Waals surface area (Å²) in [7, 11) is 0. The highest BCUT2D eigenvalue weighted by Crippen LogP contribution is 2.28. The molecule has 1 aromatic heterocycles. The summed E-state index contributed by atoms with van der Waals surface area (Å²) >= 11 is 0. The van der Waals surface area contributed by atoms with Gasteiger partial charge in [-0.1, -0.05) is 12.1 Å². The van der Waals surface area contributed by atoms with Crippen LogP contribution in [-0.4, -0.2) is 18.5 Å². The lowest BCUT2D eigenvalue weighted by Crippen LogP contribution is -2.36. The molecule has 1 atom stereocenters. The number of hydrogen-bond donors (Lipinski definition) is 2. The van der Waals surface area contributed by atoms with E-state index in [0.717, 1.165) is 43.7 Å². The Kier molecular flexibility index (Phi) is 4.59. The molecule has 0 saturated carbocycles. The van der Waals surface area contributed by atoms with Gasteiger partial charge < -0.3 is 15.1 Å². The molecular formula is C18H22N2O2. The number of carbonyl (C=O) groups is 1. The Morgan fingerprint density at radius 3 is 3.00 bits per heavy atom. The minimum Gasteiger partial charge on any atom is -0.469 e. The van der Waals surface area contributed by atoms with Crippen LogP contribution in [0, 0.1) is 0 Å². The van der Waals surface area contributed by atoms with Crippen LogP contribution in [0.2, 0.25) is 0 Å². The van der Waals surface area contributed by atoms with Crippen molar-refractivity contribution >= 4 is 11.6 Å². The zero-order chi connectivity index (χ0) is 15.4. The van der Waals surface area contributed by atoms with Crippen LogP contribution in [0.15, 0.2) is 41.0 Å². The van der Waals surface area contributed by atoms with Gasteiger partial charge in [0.05, 0.1) is 6.26 Å². The number of hydrogen-bond acceptors (Lipinski definition) is 3. The van der Waals surface area contributed by atoms with Crippen molar-refractivity contribution in [1.29, 1.82) is 0 Å². The van der Waals surface area contributed by atoms with E-state index in [0.29, 0.717) is 6.04 Å². The SMILES string of the molecule is CC(=O)Nc1cccc2c1CCC(NCCc1ccco1)C2. The highest BCUT2D eigenvalue weighted by atomic mass is 16.3. The molecule has 0 spiro atoms. The molecule has 3 rings (SSSR count). The first kappa shape index (κ1) is 14.9. The first-order valence-corrected chi connectivity index (χ1v) is 7.86. The van der Waals surface area contributed by atoms with Crippen molar-refractivity contribution < 1.29 is 9.21 Å². The van der Waals surface area contributed by atoms with Crippen LogP contribution in [0.3, 0.4) is 0 Å². The van der Waals surface area contributed by atoms with E-state index in [-0.39, 0.29) is 5.91 Å². The third kappa shape index (κ3) is 3.57. The molecule has 2 N–H and O–H groups in total. The number of amides is 1. The van der Waals surface area contributed by atoms with Crippen LogP contribution in [-0.2, 0) is 24.1 Å². The highest BCUT2D eigenvalue weighted by molar-refractivity contribution is 5.89. The second kappa shape index (κ2) is 6.79. The Bertz CT molecular complexity index is 635. The topological polar surface area (TPSA) is 54.3 Å². The molecule has 0 bridgehead atoms. The molecule has 0 aliphatic heterocycles. The fourth-order valence-corrected chi connectivity index (χ4v) is 3.14. The maximum atomic E-state index is 11.3. The highest BCUT2D eigenvalue weighted by Gasteiger charge is 2.20. The zero-order valence-corrected chi connectivity index (χ0v) is 12.9. The second-order valence-corrected chi connectivity index (χ2v) is 5.85. The van der Waals surface area contributed by atoms with E-state index in [4.69, 9.17) is 4.42 Å². The van der Waals surface area contributed by atoms with E-state index in [2.05, 4.69) is 16.7 Å². The normalized spacial score (nSPS) is 17.0. The minimum absolute atomic E-state index is 0.00732. The van der Waals surface area contributed by atoms with Crippen molar-refractivity contribution in [2.45, 2.75) is 38.6 Å². The van der Waals surface area contributed by atoms with Crippen molar-refractivity contribution in [2.24, 2.45) is 0 Å². The Morgan fingerprint density at radius 2 is 2.23 bits per heavy atom. The summed E-state index contributed by atoms with van der Waals surface area (Å²) in [4.78, 5) is 11.3. The van der Waals surface area contributed by atoms with E-state index < -0.39 is 0 Å². The van der Waals surface area contributed by atoms with Crippen molar-refractivity contribution in [3.8, 4) is 0 Å². The number of furan rings is 1. The van der Waals surface area contributed by atoms with Gasteiger partial charge in [-0.05, 0) is 48.6 Å². The molecule has 1 amide bonds. The van der Waals surface area contributed by atoms with Crippen molar-refractivity contribution in [2.75, 3.05) is 11.9 Å². The third-order valence-corrected chi connectivity index (χ3v) is 4.18. The molecule has 0 fully saturated rings. The van der Waals surface area contributed by atoms with Crippen LogP contribution in [0.25, 0.3) is 0 Å². The number of benzene rings is 1. The molecule has 2 aromatic rings. The smallest absolute Gasteiger partial charge is 0.221 e. The Balaban J connectivity index is 1.58. The van der Waals surface area contributed by atoms with E-state index >= 15 is 0 Å². The average Bonchev–Trinajstić information content (AvgIpc) is 3.00. The maximum absolute atomic E-state index is 11.3. The average molecular weight is 298 g/mol. The minimum atomic E-state index is -0.00732. The predicted molar refractivity (Wildman–Crippen MR) is 87.0 cm³/mol. The van der Waals surface area contributed by atoms with Gasteiger partial charge in [0.25, 0.3) is 0 Å². The maximum Gasteiger partial charge on any atom is 0.221 e. The summed E-state index contributed by atoms with van der Waals surface area (Å²) in [6.07, 6.45) is 5.75. The Labute approximate surface area is 130 Å². The summed E-state index contributed by atoms with van der Waals surface area (Å²) in [6.45, 7) is 2.49. The molecule has 22 heavy (non-hydrogen) atoms. The number of nitrogens with one attached hydrogen (secondary N) is 2. The number of fused-ring (bicyclic) bond motifs is 1. The molecule has 1 aliphatic carbocycles. The van der Waals surface area contributed by atoms with Crippen LogP contribution in [0.4, 0.5) is 5.69 Å². The van der Waals surface area contributed by atoms with E-state index in [9.17, 15) is 4.79 Å². The first-order chi connectivity index (χ1) is 10.7. The molecule has 4 nitrogen and oxygen atoms in total. The number of rotatable bonds is 5. The van der Waals surface area contributed by atoms with Crippen molar-refractivity contribution in [3.05, 3.63) is 53.5 Å². The van der Waals surface area contributed by atoms with E-state index in [1.165, 1.54) is 11.1 Å². The van der Waals surface area contributed by atoms with Crippen molar-refractivity contribution in [3.63, 3.8) is 0 Å². The van der Waals surface area contributed by atoms with Gasteiger partial charge in [0.15, 0.2) is 0 Å². The predicted octanol–water partition coefficient (Wildman–Crippen LogP) is 2.93. The van der Waals surface area contributed by atoms with E-state index in [1.807, 2.05) is 24.3 Å². The molecular weight excluding hydrogens is 276 g/mol. The lowest BCUT2D eigenvalue weighted by Gasteiger charge is -2.27. The quantitative estimate of drug-likeness (QED) is 0.892. The van der Waals surface area contributed by atoms with Gasteiger partial charge in [0, 0.05) is 31.6 Å². The van der Waals surface area contributed by atoms with Gasteiger partial charge in [0.1, 0.15) is 5.76 Å². The lowest BCUT2D eigenvalue weighted by molar-refractivity contribution is -0.114. The number of anilines is 1. The molecule has 1 heterocycles. The van der Waals surface area contributed by atoms with Crippen LogP contribution in [0.1, 0.15) is 30.2 Å². The monoisotopic (exact) mass is 298 g/mol. The lowest BCUT2D eigenvalue weighted by atomic mass is 9.87. The summed E-state index contributed by atoms with van der Waals surface area (Å²) in [5.41, 5.74) is 3.61. The van der Waals surface area contributed by atoms with Gasteiger partial charge in [0.2, 0.25) is 5.91 Å². The van der Waals surface area contributed by atoms with Gasteiger partial charge in [-0.15, -0.1) is 0 Å². The summed E-state index contributed by atoms with van der Waals surface area (Å²) in [5.74, 6) is 1.02. The summed E-state index contributed by atoms with van der Waals surface area (Å²) in [6, 6.07) is 10.6. The fraction of sp³-hybridized carbons (Fsp3) is 0.389. The molecule has 0 saturated heterocycles. The zero-order valence-electron chi connectivity index (χ0n) is 12.9. The van der Waals surface area contributed by atoms with Crippen molar-refractivity contribution in [1.82, 2.24) is 5.32 Å². The van der Waals surface area contributed by atoms with Crippen LogP contribution in [0.5, 0.6) is 0 Å².